The number of hydrogen-bond donors (Lipinski definition) is 1. The molecule has 1 N–H and O–H groups in total. The summed E-state index contributed by atoms with van der Waals surface area (Å²) in [5.41, 5.74) is -2.78. The maximum Gasteiger partial charge on any atom is 0.490 e. The summed E-state index contributed by atoms with van der Waals surface area (Å²) >= 11 is 0. The van der Waals surface area contributed by atoms with Gasteiger partial charge in [0.25, 0.3) is 0 Å². The Hall–Kier alpha value is -2.21. The van der Waals surface area contributed by atoms with Gasteiger partial charge in [-0.3, -0.25) is 4.79 Å². The molecule has 1 fully saturated rings. The fourth-order valence-corrected chi connectivity index (χ4v) is 2.14. The Morgan fingerprint density at radius 2 is 1.52 bits per heavy atom. The van der Waals surface area contributed by atoms with Crippen LogP contribution in [0.25, 0.3) is 0 Å². The third kappa shape index (κ3) is 6.79. The molecule has 1 rings (SSSR count). The Bertz CT molecular complexity index is 590. The van der Waals surface area contributed by atoms with Crippen molar-refractivity contribution in [1.29, 1.82) is 0 Å². The molecule has 0 aromatic rings. The Morgan fingerprint density at radius 1 is 1.00 bits per heavy atom. The molecule has 27 heavy (non-hydrogen) atoms. The van der Waals surface area contributed by atoms with E-state index in [1.807, 2.05) is 0 Å². The van der Waals surface area contributed by atoms with Crippen molar-refractivity contribution < 1.29 is 50.2 Å². The molecule has 0 bridgehead atoms. The van der Waals surface area contributed by atoms with E-state index in [1.165, 1.54) is 5.32 Å². The fourth-order valence-electron chi connectivity index (χ4n) is 2.14. The summed E-state index contributed by atoms with van der Waals surface area (Å²) in [6, 6.07) is 0. The molecule has 2 amide bonds. The Labute approximate surface area is 149 Å². The maximum absolute atomic E-state index is 12.4. The number of nitrogens with one attached hydrogen (secondary N) is 1. The molecule has 7 nitrogen and oxygen atoms in total. The second kappa shape index (κ2) is 7.43. The van der Waals surface area contributed by atoms with E-state index in [2.05, 4.69) is 4.74 Å². The number of halogens is 6. The van der Waals surface area contributed by atoms with Crippen molar-refractivity contribution in [3.63, 3.8) is 0 Å². The number of amides is 2. The van der Waals surface area contributed by atoms with Gasteiger partial charge in [0.2, 0.25) is 0 Å². The third-order valence-electron chi connectivity index (χ3n) is 3.27. The second-order valence-electron chi connectivity index (χ2n) is 6.91. The predicted molar refractivity (Wildman–Crippen MR) is 76.4 cm³/mol. The van der Waals surface area contributed by atoms with Gasteiger partial charge in [-0.15, -0.1) is 0 Å². The van der Waals surface area contributed by atoms with Crippen molar-refractivity contribution in [2.45, 2.75) is 50.7 Å². The largest absolute Gasteiger partial charge is 0.490 e. The molecule has 0 spiro atoms. The number of alkyl halides is 6. The first-order chi connectivity index (χ1) is 12.0. The summed E-state index contributed by atoms with van der Waals surface area (Å²) in [4.78, 5) is 34.6. The van der Waals surface area contributed by atoms with Gasteiger partial charge in [-0.2, -0.15) is 26.3 Å². The molecular formula is C14H18F6N2O5. The van der Waals surface area contributed by atoms with Crippen molar-refractivity contribution in [3.8, 4) is 0 Å². The van der Waals surface area contributed by atoms with Crippen LogP contribution in [0.15, 0.2) is 0 Å². The minimum absolute atomic E-state index is 0.522. The van der Waals surface area contributed by atoms with Crippen LogP contribution in [0.4, 0.5) is 31.1 Å². The molecule has 1 heterocycles. The van der Waals surface area contributed by atoms with Gasteiger partial charge < -0.3 is 19.7 Å². The molecule has 0 unspecified atom stereocenters. The number of rotatable bonds is 4. The minimum atomic E-state index is -5.32. The number of nitrogens with zero attached hydrogens (tertiary/aromatic N) is 1. The average Bonchev–Trinajstić information content (AvgIpc) is 2.39. The van der Waals surface area contributed by atoms with Crippen molar-refractivity contribution >= 4 is 18.0 Å². The van der Waals surface area contributed by atoms with Crippen molar-refractivity contribution in [2.24, 2.45) is 0 Å². The van der Waals surface area contributed by atoms with Crippen molar-refractivity contribution in [2.75, 3.05) is 19.6 Å². The van der Waals surface area contributed by atoms with Crippen LogP contribution in [0.5, 0.6) is 0 Å². The van der Waals surface area contributed by atoms with Gasteiger partial charge in [0.05, 0.1) is 13.1 Å². The topological polar surface area (TPSA) is 84.9 Å². The van der Waals surface area contributed by atoms with E-state index in [-0.39, 0.29) is 0 Å². The van der Waals surface area contributed by atoms with E-state index in [4.69, 9.17) is 4.74 Å². The maximum atomic E-state index is 12.4. The smallest absolute Gasteiger partial charge is 0.449 e. The van der Waals surface area contributed by atoms with Crippen LogP contribution in [0.1, 0.15) is 27.2 Å². The van der Waals surface area contributed by atoms with E-state index in [1.54, 1.807) is 20.8 Å². The van der Waals surface area contributed by atoms with Crippen LogP contribution < -0.4 is 5.32 Å². The van der Waals surface area contributed by atoms with Crippen molar-refractivity contribution in [3.05, 3.63) is 0 Å². The fraction of sp³-hybridized carbons (Fsp3) is 0.786. The SMILES string of the molecule is CC(C)(C)OC(=O)N1CC(CCNC(=O)C(F)(F)F)(OC(=O)C(F)(F)F)C1. The lowest BCUT2D eigenvalue weighted by molar-refractivity contribution is -0.226. The molecule has 0 radical (unpaired) electrons. The number of hydrogen-bond acceptors (Lipinski definition) is 5. The van der Waals surface area contributed by atoms with E-state index < -0.39 is 67.6 Å². The lowest BCUT2D eigenvalue weighted by atomic mass is 9.90. The third-order valence-corrected chi connectivity index (χ3v) is 3.27. The monoisotopic (exact) mass is 408 g/mol. The molecule has 0 saturated carbocycles. The highest BCUT2D eigenvalue weighted by Crippen LogP contribution is 2.33. The van der Waals surface area contributed by atoms with Crippen molar-refractivity contribution in [1.82, 2.24) is 10.2 Å². The summed E-state index contributed by atoms with van der Waals surface area (Å²) in [6.45, 7) is 2.89. The Kier molecular flexibility index (Phi) is 6.28. The van der Waals surface area contributed by atoms with Gasteiger partial charge >= 0.3 is 30.3 Å². The average molecular weight is 408 g/mol. The second-order valence-corrected chi connectivity index (χ2v) is 6.91. The molecule has 1 aliphatic rings. The summed E-state index contributed by atoms with van der Waals surface area (Å²) in [6.07, 6.45) is -11.9. The molecule has 156 valence electrons. The van der Waals surface area contributed by atoms with Gasteiger partial charge in [0.1, 0.15) is 11.2 Å². The van der Waals surface area contributed by atoms with E-state index >= 15 is 0 Å². The van der Waals surface area contributed by atoms with Crippen LogP contribution in [-0.2, 0) is 19.1 Å². The minimum Gasteiger partial charge on any atom is -0.449 e. The van der Waals surface area contributed by atoms with Gasteiger partial charge in [-0.05, 0) is 20.8 Å². The number of esters is 1. The van der Waals surface area contributed by atoms with Crippen LogP contribution in [0.3, 0.4) is 0 Å². The number of carbonyl (C=O) groups is 3. The van der Waals surface area contributed by atoms with E-state index in [9.17, 15) is 40.7 Å². The Balaban J connectivity index is 2.75. The first-order valence-electron chi connectivity index (χ1n) is 7.58. The van der Waals surface area contributed by atoms with Gasteiger partial charge in [0.15, 0.2) is 0 Å². The summed E-state index contributed by atoms with van der Waals surface area (Å²) < 4.78 is 83.1. The molecule has 13 heteroatoms. The van der Waals surface area contributed by atoms with Crippen LogP contribution in [0, 0.1) is 0 Å². The van der Waals surface area contributed by atoms with Crippen LogP contribution in [-0.4, -0.2) is 66.1 Å². The lowest BCUT2D eigenvalue weighted by Gasteiger charge is -2.48. The zero-order valence-corrected chi connectivity index (χ0v) is 14.6. The van der Waals surface area contributed by atoms with E-state index in [0.29, 0.717) is 0 Å². The molecule has 0 atom stereocenters. The van der Waals surface area contributed by atoms with Gasteiger partial charge in [0, 0.05) is 13.0 Å². The molecule has 0 aliphatic carbocycles. The molecule has 0 aromatic carbocycles. The lowest BCUT2D eigenvalue weighted by Crippen LogP contribution is -2.67. The quantitative estimate of drug-likeness (QED) is 0.569. The first kappa shape index (κ1) is 22.8. The normalized spacial score (nSPS) is 17.0. The molecule has 1 aliphatic heterocycles. The zero-order chi connectivity index (χ0) is 21.3. The molecular weight excluding hydrogens is 390 g/mol. The summed E-state index contributed by atoms with van der Waals surface area (Å²) in [5, 5.41) is 1.47. The molecule has 1 saturated heterocycles. The first-order valence-corrected chi connectivity index (χ1v) is 7.58. The van der Waals surface area contributed by atoms with Crippen LogP contribution in [0.2, 0.25) is 0 Å². The van der Waals surface area contributed by atoms with Gasteiger partial charge in [-0.25, -0.2) is 9.59 Å². The van der Waals surface area contributed by atoms with Gasteiger partial charge in [-0.1, -0.05) is 0 Å². The highest BCUT2D eigenvalue weighted by Gasteiger charge is 2.54. The summed E-state index contributed by atoms with van der Waals surface area (Å²) in [5.74, 6) is -4.84. The number of ether oxygens (including phenoxy) is 2. The zero-order valence-electron chi connectivity index (χ0n) is 14.6. The van der Waals surface area contributed by atoms with Crippen LogP contribution >= 0.6 is 0 Å². The Morgan fingerprint density at radius 3 is 1.93 bits per heavy atom. The predicted octanol–water partition coefficient (Wildman–Crippen LogP) is 2.15. The number of carbonyl (C=O) groups excluding carboxylic acids is 3. The molecule has 0 aromatic heterocycles. The highest BCUT2D eigenvalue weighted by atomic mass is 19.4. The standard InChI is InChI=1S/C14H18F6N2O5/c1-11(2,3)27-10(25)22-6-12(7-22,26-9(24)14(18,19)20)4-5-21-8(23)13(15,16)17/h4-7H2,1-3H3,(H,21,23). The number of likely N-dealkylation sites (tertiary alicyclic amines) is 1. The summed E-state index contributed by atoms with van der Waals surface area (Å²) in [7, 11) is 0. The van der Waals surface area contributed by atoms with E-state index in [0.717, 1.165) is 4.90 Å². The highest BCUT2D eigenvalue weighted by molar-refractivity contribution is 5.81.